The molecule has 2 aliphatic heterocycles. The van der Waals surface area contributed by atoms with Crippen LogP contribution in [0, 0.1) is 0 Å². The Morgan fingerprint density at radius 1 is 1.17 bits per heavy atom. The van der Waals surface area contributed by atoms with Gasteiger partial charge in [-0.2, -0.15) is 0 Å². The molecule has 1 aromatic rings. The van der Waals surface area contributed by atoms with Crippen molar-refractivity contribution in [3.63, 3.8) is 0 Å². The summed E-state index contributed by atoms with van der Waals surface area (Å²) in [6.07, 6.45) is 4.79. The maximum atomic E-state index is 12.2. The summed E-state index contributed by atoms with van der Waals surface area (Å²) < 4.78 is 11.3. The van der Waals surface area contributed by atoms with Crippen molar-refractivity contribution in [1.82, 2.24) is 9.88 Å². The van der Waals surface area contributed by atoms with Crippen molar-refractivity contribution in [1.29, 1.82) is 0 Å². The monoisotopic (exact) mass is 248 g/mol. The Hall–Kier alpha value is -1.46. The number of amides is 1. The number of likely N-dealkylation sites (tertiary alicyclic amines) is 1. The highest BCUT2D eigenvalue weighted by Gasteiger charge is 2.40. The van der Waals surface area contributed by atoms with Crippen molar-refractivity contribution in [3.8, 4) is 0 Å². The summed E-state index contributed by atoms with van der Waals surface area (Å²) in [6.45, 7) is 2.69. The summed E-state index contributed by atoms with van der Waals surface area (Å²) in [4.78, 5) is 18.0. The predicted octanol–water partition coefficient (Wildman–Crippen LogP) is 1.06. The molecule has 2 fully saturated rings. The van der Waals surface area contributed by atoms with Gasteiger partial charge in [-0.15, -0.1) is 0 Å². The van der Waals surface area contributed by atoms with Crippen LogP contribution >= 0.6 is 0 Å². The topological polar surface area (TPSA) is 51.7 Å². The number of aromatic nitrogens is 1. The molecule has 0 atom stereocenters. The lowest BCUT2D eigenvalue weighted by Crippen LogP contribution is -2.47. The normalized spacial score (nSPS) is 22.3. The van der Waals surface area contributed by atoms with Gasteiger partial charge in [-0.25, -0.2) is 0 Å². The van der Waals surface area contributed by atoms with E-state index in [0.717, 1.165) is 12.8 Å². The zero-order chi connectivity index (χ0) is 12.4. The largest absolute Gasteiger partial charge is 0.347 e. The number of piperidine rings is 1. The van der Waals surface area contributed by atoms with Crippen molar-refractivity contribution in [2.45, 2.75) is 18.6 Å². The minimum absolute atomic E-state index is 0.0604. The molecule has 96 valence electrons. The molecule has 0 aromatic carbocycles. The first-order valence-electron chi connectivity index (χ1n) is 6.26. The molecule has 1 amide bonds. The van der Waals surface area contributed by atoms with Gasteiger partial charge in [0.05, 0.1) is 13.2 Å². The number of pyridine rings is 1. The van der Waals surface area contributed by atoms with Crippen LogP contribution in [0.3, 0.4) is 0 Å². The Morgan fingerprint density at radius 2 is 1.78 bits per heavy atom. The second kappa shape index (κ2) is 4.66. The van der Waals surface area contributed by atoms with Crippen LogP contribution in [0.5, 0.6) is 0 Å². The molecule has 0 bridgehead atoms. The van der Waals surface area contributed by atoms with E-state index in [-0.39, 0.29) is 5.91 Å². The van der Waals surface area contributed by atoms with Crippen LogP contribution in [0.15, 0.2) is 24.5 Å². The summed E-state index contributed by atoms with van der Waals surface area (Å²) >= 11 is 0. The molecule has 0 N–H and O–H groups in total. The molecule has 3 rings (SSSR count). The molecule has 0 radical (unpaired) electrons. The Bertz CT molecular complexity index is 419. The molecule has 2 saturated heterocycles. The van der Waals surface area contributed by atoms with Gasteiger partial charge >= 0.3 is 0 Å². The van der Waals surface area contributed by atoms with Gasteiger partial charge < -0.3 is 14.4 Å². The third kappa shape index (κ3) is 2.11. The van der Waals surface area contributed by atoms with Crippen LogP contribution in [0.1, 0.15) is 23.2 Å². The van der Waals surface area contributed by atoms with Gasteiger partial charge in [0, 0.05) is 43.9 Å². The third-order valence-electron chi connectivity index (χ3n) is 3.55. The summed E-state index contributed by atoms with van der Waals surface area (Å²) in [5.41, 5.74) is 0.689. The quantitative estimate of drug-likeness (QED) is 0.745. The van der Waals surface area contributed by atoms with Crippen LogP contribution in [0.25, 0.3) is 0 Å². The van der Waals surface area contributed by atoms with Crippen LogP contribution in [-0.2, 0) is 9.47 Å². The van der Waals surface area contributed by atoms with Crippen molar-refractivity contribution in [2.75, 3.05) is 26.3 Å². The zero-order valence-corrected chi connectivity index (χ0v) is 10.2. The Balaban J connectivity index is 1.64. The lowest BCUT2D eigenvalue weighted by Gasteiger charge is -2.37. The summed E-state index contributed by atoms with van der Waals surface area (Å²) in [6, 6.07) is 3.49. The first-order chi connectivity index (χ1) is 8.79. The van der Waals surface area contributed by atoms with E-state index in [4.69, 9.17) is 9.47 Å². The average Bonchev–Trinajstić information content (AvgIpc) is 2.88. The molecule has 5 heteroatoms. The summed E-state index contributed by atoms with van der Waals surface area (Å²) in [7, 11) is 0. The standard InChI is InChI=1S/C13H16N2O3/c16-12(11-1-5-14-6-2-11)15-7-3-13(4-8-15)17-9-10-18-13/h1-2,5-6H,3-4,7-10H2. The van der Waals surface area contributed by atoms with Crippen LogP contribution in [0.4, 0.5) is 0 Å². The van der Waals surface area contributed by atoms with E-state index in [0.29, 0.717) is 31.9 Å². The number of hydrogen-bond acceptors (Lipinski definition) is 4. The lowest BCUT2D eigenvalue weighted by atomic mass is 10.0. The molecule has 0 aliphatic carbocycles. The van der Waals surface area contributed by atoms with E-state index in [9.17, 15) is 4.79 Å². The fourth-order valence-corrected chi connectivity index (χ4v) is 2.51. The third-order valence-corrected chi connectivity index (χ3v) is 3.55. The molecule has 2 aliphatic rings. The Labute approximate surface area is 106 Å². The second-order valence-electron chi connectivity index (χ2n) is 4.64. The van der Waals surface area contributed by atoms with E-state index in [2.05, 4.69) is 4.98 Å². The van der Waals surface area contributed by atoms with Gasteiger partial charge in [0.25, 0.3) is 5.91 Å². The SMILES string of the molecule is O=C(c1ccncc1)N1CCC2(CC1)OCCO2. The smallest absolute Gasteiger partial charge is 0.253 e. The van der Waals surface area contributed by atoms with Gasteiger partial charge in [-0.05, 0) is 12.1 Å². The van der Waals surface area contributed by atoms with Crippen molar-refractivity contribution in [2.24, 2.45) is 0 Å². The first kappa shape index (κ1) is 11.6. The summed E-state index contributed by atoms with van der Waals surface area (Å²) in [5.74, 6) is -0.361. The average molecular weight is 248 g/mol. The molecule has 0 unspecified atom stereocenters. The highest BCUT2D eigenvalue weighted by molar-refractivity contribution is 5.94. The molecular formula is C13H16N2O3. The van der Waals surface area contributed by atoms with Gasteiger partial charge in [-0.1, -0.05) is 0 Å². The minimum Gasteiger partial charge on any atom is -0.347 e. The minimum atomic E-state index is -0.422. The number of rotatable bonds is 1. The Kier molecular flexibility index (Phi) is 3.01. The number of ether oxygens (including phenoxy) is 2. The number of carbonyl (C=O) groups excluding carboxylic acids is 1. The van der Waals surface area contributed by atoms with Gasteiger partial charge in [0.2, 0.25) is 0 Å². The van der Waals surface area contributed by atoms with E-state index in [1.165, 1.54) is 0 Å². The zero-order valence-electron chi connectivity index (χ0n) is 10.2. The molecule has 1 spiro atoms. The van der Waals surface area contributed by atoms with E-state index in [1.54, 1.807) is 24.5 Å². The number of carbonyl (C=O) groups is 1. The second-order valence-corrected chi connectivity index (χ2v) is 4.64. The number of nitrogens with zero attached hydrogens (tertiary/aromatic N) is 2. The lowest BCUT2D eigenvalue weighted by molar-refractivity contribution is -0.181. The first-order valence-corrected chi connectivity index (χ1v) is 6.26. The maximum Gasteiger partial charge on any atom is 0.253 e. The number of hydrogen-bond donors (Lipinski definition) is 0. The molecule has 1 aromatic heterocycles. The predicted molar refractivity (Wildman–Crippen MR) is 64.0 cm³/mol. The van der Waals surface area contributed by atoms with E-state index in [1.807, 2.05) is 4.90 Å². The fourth-order valence-electron chi connectivity index (χ4n) is 2.51. The van der Waals surface area contributed by atoms with Gasteiger partial charge in [-0.3, -0.25) is 9.78 Å². The van der Waals surface area contributed by atoms with E-state index < -0.39 is 5.79 Å². The Morgan fingerprint density at radius 3 is 2.39 bits per heavy atom. The molecule has 18 heavy (non-hydrogen) atoms. The van der Waals surface area contributed by atoms with Gasteiger partial charge in [0.1, 0.15) is 0 Å². The molecule has 0 saturated carbocycles. The molecular weight excluding hydrogens is 232 g/mol. The highest BCUT2D eigenvalue weighted by Crippen LogP contribution is 2.31. The van der Waals surface area contributed by atoms with Crippen LogP contribution in [0.2, 0.25) is 0 Å². The van der Waals surface area contributed by atoms with Gasteiger partial charge in [0.15, 0.2) is 5.79 Å². The van der Waals surface area contributed by atoms with Crippen molar-refractivity contribution >= 4 is 5.91 Å². The van der Waals surface area contributed by atoms with Crippen molar-refractivity contribution < 1.29 is 14.3 Å². The maximum absolute atomic E-state index is 12.2. The van der Waals surface area contributed by atoms with Crippen molar-refractivity contribution in [3.05, 3.63) is 30.1 Å². The summed E-state index contributed by atoms with van der Waals surface area (Å²) in [5, 5.41) is 0. The van der Waals surface area contributed by atoms with Crippen LogP contribution in [-0.4, -0.2) is 47.9 Å². The highest BCUT2D eigenvalue weighted by atomic mass is 16.7. The van der Waals surface area contributed by atoms with E-state index >= 15 is 0 Å². The fraction of sp³-hybridized carbons (Fsp3) is 0.538. The van der Waals surface area contributed by atoms with Crippen LogP contribution < -0.4 is 0 Å². The molecule has 5 nitrogen and oxygen atoms in total. The molecule has 3 heterocycles.